The fourth-order valence-electron chi connectivity index (χ4n) is 2.81. The highest BCUT2D eigenvalue weighted by atomic mass is 16.5. The second kappa shape index (κ2) is 4.46. The smallest absolute Gasteiger partial charge is 0.258 e. The fraction of sp³-hybridized carbons (Fsp3) is 0.0588. The molecular weight excluding hydrogens is 280 g/mol. The van der Waals surface area contributed by atoms with E-state index >= 15 is 0 Å². The van der Waals surface area contributed by atoms with Crippen LogP contribution in [0.5, 0.6) is 5.75 Å². The number of hydrogen-bond acceptors (Lipinski definition) is 4. The third kappa shape index (κ3) is 1.65. The van der Waals surface area contributed by atoms with Gasteiger partial charge in [0.05, 0.1) is 12.7 Å². The monoisotopic (exact) mass is 292 g/mol. The van der Waals surface area contributed by atoms with Crippen LogP contribution in [-0.4, -0.2) is 18.8 Å². The molecule has 2 N–H and O–H groups in total. The van der Waals surface area contributed by atoms with E-state index in [1.165, 1.54) is 0 Å². The average Bonchev–Trinajstić information content (AvgIpc) is 3.03. The van der Waals surface area contributed by atoms with Gasteiger partial charge in [-0.3, -0.25) is 9.59 Å². The van der Waals surface area contributed by atoms with Crippen LogP contribution in [0.3, 0.4) is 0 Å². The standard InChI is InChI=1S/C17H12N2O3/c1-22-9-6-7-13-11(8-9)14(17(21)19-13)15-16(20)10-4-2-3-5-12(10)18-15/h2-8,18H,1H3,(H,19,21)/b15-14-. The number of rotatable bonds is 1. The Kier molecular flexibility index (Phi) is 2.56. The number of benzene rings is 2. The summed E-state index contributed by atoms with van der Waals surface area (Å²) in [5, 5.41) is 5.84. The van der Waals surface area contributed by atoms with Gasteiger partial charge in [0.2, 0.25) is 5.78 Å². The molecule has 0 saturated carbocycles. The summed E-state index contributed by atoms with van der Waals surface area (Å²) in [5.74, 6) is 0.180. The minimum atomic E-state index is -0.285. The van der Waals surface area contributed by atoms with Crippen LogP contribution in [0.15, 0.2) is 48.2 Å². The van der Waals surface area contributed by atoms with Crippen LogP contribution < -0.4 is 15.4 Å². The van der Waals surface area contributed by atoms with Gasteiger partial charge >= 0.3 is 0 Å². The predicted octanol–water partition coefficient (Wildman–Crippen LogP) is 2.67. The summed E-state index contributed by atoms with van der Waals surface area (Å²) in [7, 11) is 1.56. The van der Waals surface area contributed by atoms with Crippen molar-refractivity contribution in [1.29, 1.82) is 0 Å². The first-order valence-corrected chi connectivity index (χ1v) is 6.84. The van der Waals surface area contributed by atoms with Gasteiger partial charge in [-0.1, -0.05) is 12.1 Å². The lowest BCUT2D eigenvalue weighted by molar-refractivity contribution is -0.110. The first-order valence-electron chi connectivity index (χ1n) is 6.84. The maximum Gasteiger partial charge on any atom is 0.258 e. The number of para-hydroxylation sites is 1. The molecule has 5 heteroatoms. The fourth-order valence-corrected chi connectivity index (χ4v) is 2.81. The van der Waals surface area contributed by atoms with Crippen molar-refractivity contribution >= 4 is 28.6 Å². The highest BCUT2D eigenvalue weighted by Gasteiger charge is 2.34. The predicted molar refractivity (Wildman–Crippen MR) is 82.9 cm³/mol. The van der Waals surface area contributed by atoms with Gasteiger partial charge < -0.3 is 15.4 Å². The van der Waals surface area contributed by atoms with E-state index in [9.17, 15) is 9.59 Å². The normalized spacial score (nSPS) is 18.6. The molecule has 2 aromatic rings. The number of methoxy groups -OCH3 is 1. The molecule has 0 radical (unpaired) electrons. The molecule has 2 aromatic carbocycles. The van der Waals surface area contributed by atoms with Gasteiger partial charge in [-0.15, -0.1) is 0 Å². The molecule has 0 fully saturated rings. The van der Waals surface area contributed by atoms with Crippen molar-refractivity contribution in [1.82, 2.24) is 0 Å². The van der Waals surface area contributed by atoms with Gasteiger partial charge in [0.25, 0.3) is 5.91 Å². The molecule has 0 saturated heterocycles. The first-order chi connectivity index (χ1) is 10.7. The van der Waals surface area contributed by atoms with Gasteiger partial charge in [-0.05, 0) is 30.3 Å². The van der Waals surface area contributed by atoms with Gasteiger partial charge in [0, 0.05) is 22.5 Å². The minimum absolute atomic E-state index is 0.170. The number of carbonyl (C=O) groups is 2. The second-order valence-electron chi connectivity index (χ2n) is 5.12. The molecule has 5 nitrogen and oxygen atoms in total. The molecular formula is C17H12N2O3. The lowest BCUT2D eigenvalue weighted by Crippen LogP contribution is -2.11. The van der Waals surface area contributed by atoms with Gasteiger partial charge in [0.15, 0.2) is 0 Å². The summed E-state index contributed by atoms with van der Waals surface area (Å²) in [6.45, 7) is 0. The lowest BCUT2D eigenvalue weighted by Gasteiger charge is -2.05. The summed E-state index contributed by atoms with van der Waals surface area (Å²) in [5.41, 5.74) is 3.32. The van der Waals surface area contributed by atoms with E-state index in [0.717, 1.165) is 5.69 Å². The van der Waals surface area contributed by atoms with Crippen molar-refractivity contribution < 1.29 is 14.3 Å². The van der Waals surface area contributed by atoms with Crippen molar-refractivity contribution in [3.63, 3.8) is 0 Å². The van der Waals surface area contributed by atoms with Crippen LogP contribution in [0.25, 0.3) is 5.57 Å². The number of fused-ring (bicyclic) bond motifs is 2. The Balaban J connectivity index is 1.91. The zero-order valence-corrected chi connectivity index (χ0v) is 11.8. The third-order valence-electron chi connectivity index (χ3n) is 3.88. The molecule has 108 valence electrons. The molecule has 0 atom stereocenters. The summed E-state index contributed by atoms with van der Waals surface area (Å²) in [6.07, 6.45) is 0. The molecule has 2 aliphatic rings. The van der Waals surface area contributed by atoms with Crippen LogP contribution in [-0.2, 0) is 4.79 Å². The van der Waals surface area contributed by atoms with Crippen molar-refractivity contribution in [2.75, 3.05) is 17.7 Å². The van der Waals surface area contributed by atoms with Crippen molar-refractivity contribution in [2.24, 2.45) is 0 Å². The third-order valence-corrected chi connectivity index (χ3v) is 3.88. The number of nitrogens with one attached hydrogen (secondary N) is 2. The Morgan fingerprint density at radius 3 is 2.45 bits per heavy atom. The van der Waals surface area contributed by atoms with Crippen molar-refractivity contribution in [2.45, 2.75) is 0 Å². The Labute approximate surface area is 126 Å². The van der Waals surface area contributed by atoms with E-state index in [1.54, 1.807) is 37.4 Å². The Morgan fingerprint density at radius 2 is 1.68 bits per heavy atom. The van der Waals surface area contributed by atoms with E-state index in [2.05, 4.69) is 10.6 Å². The first kappa shape index (κ1) is 12.6. The Morgan fingerprint density at radius 1 is 0.909 bits per heavy atom. The number of carbonyl (C=O) groups excluding carboxylic acids is 2. The second-order valence-corrected chi connectivity index (χ2v) is 5.12. The molecule has 0 aliphatic carbocycles. The van der Waals surface area contributed by atoms with E-state index in [0.29, 0.717) is 33.8 Å². The summed E-state index contributed by atoms with van der Waals surface area (Å²) in [4.78, 5) is 24.9. The highest BCUT2D eigenvalue weighted by Crippen LogP contribution is 2.39. The number of allylic oxidation sites excluding steroid dienone is 1. The molecule has 1 amide bonds. The zero-order chi connectivity index (χ0) is 15.3. The molecule has 0 aromatic heterocycles. The van der Waals surface area contributed by atoms with Crippen LogP contribution in [0.1, 0.15) is 15.9 Å². The lowest BCUT2D eigenvalue weighted by atomic mass is 10.0. The largest absolute Gasteiger partial charge is 0.497 e. The molecule has 2 heterocycles. The molecule has 2 aliphatic heterocycles. The minimum Gasteiger partial charge on any atom is -0.497 e. The van der Waals surface area contributed by atoms with Crippen LogP contribution >= 0.6 is 0 Å². The van der Waals surface area contributed by atoms with Gasteiger partial charge in [-0.25, -0.2) is 0 Å². The molecule has 0 spiro atoms. The van der Waals surface area contributed by atoms with Gasteiger partial charge in [0.1, 0.15) is 11.4 Å². The molecule has 0 unspecified atom stereocenters. The van der Waals surface area contributed by atoms with Crippen LogP contribution in [0.2, 0.25) is 0 Å². The number of Topliss-reactive ketones (excluding diaryl/α,β-unsaturated/α-hetero) is 1. The maximum absolute atomic E-state index is 12.6. The molecule has 4 rings (SSSR count). The summed E-state index contributed by atoms with van der Waals surface area (Å²) >= 11 is 0. The maximum atomic E-state index is 12.6. The van der Waals surface area contributed by atoms with E-state index in [-0.39, 0.29) is 11.7 Å². The summed E-state index contributed by atoms with van der Waals surface area (Å²) in [6, 6.07) is 12.5. The highest BCUT2D eigenvalue weighted by molar-refractivity contribution is 6.38. The Bertz CT molecular complexity index is 868. The summed E-state index contributed by atoms with van der Waals surface area (Å²) < 4.78 is 5.21. The molecule has 22 heavy (non-hydrogen) atoms. The number of hydrogen-bond donors (Lipinski definition) is 2. The van der Waals surface area contributed by atoms with Crippen molar-refractivity contribution in [3.8, 4) is 5.75 Å². The van der Waals surface area contributed by atoms with E-state index in [4.69, 9.17) is 4.74 Å². The average molecular weight is 292 g/mol. The SMILES string of the molecule is COc1ccc2c(c1)/C(=C1/Nc3ccccc3C1=O)C(=O)N2. The number of ether oxygens (including phenoxy) is 1. The number of ketones is 1. The van der Waals surface area contributed by atoms with Gasteiger partial charge in [-0.2, -0.15) is 0 Å². The van der Waals surface area contributed by atoms with E-state index < -0.39 is 0 Å². The topological polar surface area (TPSA) is 67.4 Å². The Hall–Kier alpha value is -3.08. The number of amides is 1. The van der Waals surface area contributed by atoms with Crippen molar-refractivity contribution in [3.05, 3.63) is 59.3 Å². The number of anilines is 2. The zero-order valence-electron chi connectivity index (χ0n) is 11.8. The van der Waals surface area contributed by atoms with Crippen LogP contribution in [0, 0.1) is 0 Å². The quantitative estimate of drug-likeness (QED) is 0.793. The van der Waals surface area contributed by atoms with E-state index in [1.807, 2.05) is 12.1 Å². The van der Waals surface area contributed by atoms with Crippen LogP contribution in [0.4, 0.5) is 11.4 Å². The molecule has 0 bridgehead atoms.